The number of nitrogens with zero attached hydrogens (tertiary/aromatic N) is 1. The van der Waals surface area contributed by atoms with E-state index < -0.39 is 0 Å². The number of carbonyl (C=O) groups is 1. The topological polar surface area (TPSA) is 29.5 Å². The molecule has 0 aliphatic carbocycles. The average molecular weight is 316 g/mol. The van der Waals surface area contributed by atoms with Gasteiger partial charge in [0.1, 0.15) is 5.82 Å². The molecular weight excluding hydrogens is 301 g/mol. The van der Waals surface area contributed by atoms with Gasteiger partial charge in [-0.1, -0.05) is 15.9 Å². The first-order chi connectivity index (χ1) is 8.58. The summed E-state index contributed by atoms with van der Waals surface area (Å²) >= 11 is 3.30. The number of amides is 1. The number of hydrogen-bond acceptors (Lipinski definition) is 2. The van der Waals surface area contributed by atoms with Gasteiger partial charge in [0, 0.05) is 30.2 Å². The normalized spacial score (nSPS) is 18.9. The summed E-state index contributed by atoms with van der Waals surface area (Å²) < 4.78 is 19.6. The lowest BCUT2D eigenvalue weighted by Gasteiger charge is -2.20. The van der Waals surface area contributed by atoms with Crippen LogP contribution in [0.5, 0.6) is 0 Å². The summed E-state index contributed by atoms with van der Waals surface area (Å²) in [5, 5.41) is 0. The van der Waals surface area contributed by atoms with Crippen molar-refractivity contribution in [2.24, 2.45) is 5.92 Å². The molecule has 1 aromatic carbocycles. The maximum Gasteiger partial charge on any atom is 0.228 e. The molecule has 1 atom stereocenters. The Bertz CT molecular complexity index is 447. The second-order valence-corrected chi connectivity index (χ2v) is 5.41. The van der Waals surface area contributed by atoms with Gasteiger partial charge >= 0.3 is 0 Å². The lowest BCUT2D eigenvalue weighted by Crippen LogP contribution is -2.33. The number of benzene rings is 1. The van der Waals surface area contributed by atoms with Gasteiger partial charge in [0.15, 0.2) is 0 Å². The molecule has 1 saturated heterocycles. The van der Waals surface area contributed by atoms with Gasteiger partial charge in [-0.25, -0.2) is 4.39 Å². The highest BCUT2D eigenvalue weighted by molar-refractivity contribution is 9.10. The highest BCUT2D eigenvalue weighted by Gasteiger charge is 2.26. The fourth-order valence-corrected chi connectivity index (χ4v) is 2.45. The summed E-state index contributed by atoms with van der Waals surface area (Å²) in [7, 11) is 1.70. The zero-order chi connectivity index (χ0) is 13.1. The lowest BCUT2D eigenvalue weighted by molar-refractivity contribution is -0.134. The molecule has 3 nitrogen and oxygen atoms in total. The first kappa shape index (κ1) is 13.5. The molecule has 1 aliphatic heterocycles. The van der Waals surface area contributed by atoms with Gasteiger partial charge in [-0.15, -0.1) is 0 Å². The Morgan fingerprint density at radius 1 is 1.61 bits per heavy atom. The van der Waals surface area contributed by atoms with E-state index in [2.05, 4.69) is 15.9 Å². The van der Waals surface area contributed by atoms with E-state index >= 15 is 0 Å². The van der Waals surface area contributed by atoms with E-state index in [1.807, 2.05) is 0 Å². The summed E-state index contributed by atoms with van der Waals surface area (Å²) in [5.41, 5.74) is 0.513. The van der Waals surface area contributed by atoms with Gasteiger partial charge in [0.05, 0.1) is 12.5 Å². The van der Waals surface area contributed by atoms with Gasteiger partial charge in [0.2, 0.25) is 5.91 Å². The molecule has 1 aliphatic rings. The van der Waals surface area contributed by atoms with Crippen molar-refractivity contribution in [3.8, 4) is 0 Å². The fourth-order valence-electron chi connectivity index (χ4n) is 2.04. The maximum atomic E-state index is 13.6. The van der Waals surface area contributed by atoms with E-state index in [1.54, 1.807) is 24.1 Å². The van der Waals surface area contributed by atoms with Crippen LogP contribution >= 0.6 is 15.9 Å². The van der Waals surface area contributed by atoms with Crippen LogP contribution in [0.1, 0.15) is 12.0 Å². The van der Waals surface area contributed by atoms with Crippen LogP contribution in [0.25, 0.3) is 0 Å². The highest BCUT2D eigenvalue weighted by atomic mass is 79.9. The molecule has 1 fully saturated rings. The van der Waals surface area contributed by atoms with Gasteiger partial charge in [-0.3, -0.25) is 4.79 Å². The minimum Gasteiger partial charge on any atom is -0.381 e. The van der Waals surface area contributed by atoms with Crippen molar-refractivity contribution in [1.82, 2.24) is 4.90 Å². The summed E-state index contributed by atoms with van der Waals surface area (Å²) in [5.74, 6) is -0.349. The van der Waals surface area contributed by atoms with E-state index in [0.717, 1.165) is 10.9 Å². The van der Waals surface area contributed by atoms with E-state index in [-0.39, 0.29) is 24.2 Å². The fraction of sp³-hybridized carbons (Fsp3) is 0.462. The van der Waals surface area contributed by atoms with E-state index in [9.17, 15) is 9.18 Å². The van der Waals surface area contributed by atoms with Crippen LogP contribution in [0.15, 0.2) is 22.7 Å². The van der Waals surface area contributed by atoms with Gasteiger partial charge in [0.25, 0.3) is 0 Å². The molecule has 0 radical (unpaired) electrons. The van der Waals surface area contributed by atoms with Crippen LogP contribution in [0.4, 0.5) is 4.39 Å². The van der Waals surface area contributed by atoms with E-state index in [0.29, 0.717) is 18.8 Å². The second-order valence-electron chi connectivity index (χ2n) is 4.49. The zero-order valence-electron chi connectivity index (χ0n) is 10.2. The van der Waals surface area contributed by atoms with Crippen molar-refractivity contribution in [2.45, 2.75) is 13.0 Å². The lowest BCUT2D eigenvalue weighted by atomic mass is 10.1. The van der Waals surface area contributed by atoms with Crippen molar-refractivity contribution in [3.63, 3.8) is 0 Å². The van der Waals surface area contributed by atoms with Crippen molar-refractivity contribution >= 4 is 21.8 Å². The average Bonchev–Trinajstić information content (AvgIpc) is 2.86. The third-order valence-electron chi connectivity index (χ3n) is 3.07. The molecule has 1 heterocycles. The molecule has 0 aromatic heterocycles. The third kappa shape index (κ3) is 3.09. The predicted octanol–water partition coefficient (Wildman–Crippen LogP) is 2.58. The summed E-state index contributed by atoms with van der Waals surface area (Å²) in [6.45, 7) is 1.39. The highest BCUT2D eigenvalue weighted by Crippen LogP contribution is 2.19. The largest absolute Gasteiger partial charge is 0.381 e. The van der Waals surface area contributed by atoms with Crippen LogP contribution < -0.4 is 0 Å². The monoisotopic (exact) mass is 315 g/mol. The van der Waals surface area contributed by atoms with Crippen molar-refractivity contribution in [1.29, 1.82) is 0 Å². The number of ether oxygens (including phenoxy) is 1. The Morgan fingerprint density at radius 2 is 2.39 bits per heavy atom. The standard InChI is InChI=1S/C13H15BrFNO2/c1-16(13(17)9-4-5-18-8-9)7-10-6-11(14)2-3-12(10)15/h2-3,6,9H,4-5,7-8H2,1H3. The molecule has 1 unspecified atom stereocenters. The van der Waals surface area contributed by atoms with Crippen molar-refractivity contribution in [3.05, 3.63) is 34.1 Å². The maximum absolute atomic E-state index is 13.6. The Labute approximate surface area is 114 Å². The SMILES string of the molecule is CN(Cc1cc(Br)ccc1F)C(=O)C1CCOC1. The van der Waals surface area contributed by atoms with E-state index in [1.165, 1.54) is 6.07 Å². The Hall–Kier alpha value is -0.940. The van der Waals surface area contributed by atoms with Crippen molar-refractivity contribution in [2.75, 3.05) is 20.3 Å². The first-order valence-electron chi connectivity index (χ1n) is 5.84. The smallest absolute Gasteiger partial charge is 0.228 e. The third-order valence-corrected chi connectivity index (χ3v) is 3.56. The van der Waals surface area contributed by atoms with Gasteiger partial charge in [-0.2, -0.15) is 0 Å². The van der Waals surface area contributed by atoms with Crippen molar-refractivity contribution < 1.29 is 13.9 Å². The second kappa shape index (κ2) is 5.80. The summed E-state index contributed by atoms with van der Waals surface area (Å²) in [4.78, 5) is 13.6. The molecule has 98 valence electrons. The number of hydrogen-bond donors (Lipinski definition) is 0. The molecule has 18 heavy (non-hydrogen) atoms. The van der Waals surface area contributed by atoms with E-state index in [4.69, 9.17) is 4.74 Å². The van der Waals surface area contributed by atoms with Gasteiger partial charge in [-0.05, 0) is 24.6 Å². The Kier molecular flexibility index (Phi) is 4.35. The quantitative estimate of drug-likeness (QED) is 0.858. The van der Waals surface area contributed by atoms with Crippen LogP contribution in [-0.4, -0.2) is 31.1 Å². The Balaban J connectivity index is 2.03. The molecule has 2 rings (SSSR count). The minimum absolute atomic E-state index is 0.0203. The zero-order valence-corrected chi connectivity index (χ0v) is 11.7. The van der Waals surface area contributed by atoms with Crippen LogP contribution in [-0.2, 0) is 16.1 Å². The van der Waals surface area contributed by atoms with Crippen LogP contribution in [0.3, 0.4) is 0 Å². The summed E-state index contributed by atoms with van der Waals surface area (Å²) in [6, 6.07) is 4.74. The first-order valence-corrected chi connectivity index (χ1v) is 6.64. The molecule has 1 aromatic rings. The molecule has 1 amide bonds. The number of rotatable bonds is 3. The Morgan fingerprint density at radius 3 is 3.06 bits per heavy atom. The minimum atomic E-state index is -0.291. The number of carbonyl (C=O) groups excluding carboxylic acids is 1. The van der Waals surface area contributed by atoms with Crippen LogP contribution in [0.2, 0.25) is 0 Å². The van der Waals surface area contributed by atoms with Gasteiger partial charge < -0.3 is 9.64 Å². The molecule has 0 spiro atoms. The molecule has 0 N–H and O–H groups in total. The molecule has 5 heteroatoms. The summed E-state index contributed by atoms with van der Waals surface area (Å²) in [6.07, 6.45) is 0.754. The molecule has 0 saturated carbocycles. The predicted molar refractivity (Wildman–Crippen MR) is 69.5 cm³/mol. The molecule has 0 bridgehead atoms. The van der Waals surface area contributed by atoms with Crippen LogP contribution in [0, 0.1) is 11.7 Å². The molecular formula is C13H15BrFNO2. The number of halogens is 2.